The molecule has 0 saturated heterocycles. The number of fused-ring (bicyclic) bond motifs is 10. The van der Waals surface area contributed by atoms with Crippen molar-refractivity contribution in [2.45, 2.75) is 19.6 Å². The molecule has 2 aliphatic heterocycles. The number of furan rings is 1. The fourth-order valence-corrected chi connectivity index (χ4v) is 12.8. The Hall–Kier alpha value is -7.32. The van der Waals surface area contributed by atoms with E-state index in [0.717, 1.165) is 50.4 Å². The minimum Gasteiger partial charge on any atom is -0.454 e. The molecule has 0 spiro atoms. The number of rotatable bonds is 6. The second-order valence-electron chi connectivity index (χ2n) is 18.1. The van der Waals surface area contributed by atoms with Gasteiger partial charge < -0.3 is 19.1 Å². The van der Waals surface area contributed by atoms with Crippen molar-refractivity contribution in [1.29, 1.82) is 0 Å². The second kappa shape index (κ2) is 14.1. The van der Waals surface area contributed by atoms with Crippen LogP contribution in [0.1, 0.15) is 0 Å². The van der Waals surface area contributed by atoms with Crippen LogP contribution in [0.3, 0.4) is 0 Å². The zero-order valence-corrected chi connectivity index (χ0v) is 37.6. The van der Waals surface area contributed by atoms with E-state index in [9.17, 15) is 0 Å². The van der Waals surface area contributed by atoms with Crippen molar-refractivity contribution >= 4 is 141 Å². The fraction of sp³-hybridized carbons (Fsp3) is 0.0526. The molecule has 2 aromatic heterocycles. The number of hydrogen-bond donors (Lipinski definition) is 0. The van der Waals surface area contributed by atoms with Crippen LogP contribution < -0.4 is 35.6 Å². The lowest BCUT2D eigenvalue weighted by molar-refractivity contribution is 0.669. The first-order valence-corrected chi connectivity index (χ1v) is 26.4. The monoisotopic (exact) mass is 855 g/mol. The quantitative estimate of drug-likeness (QED) is 0.155. The summed E-state index contributed by atoms with van der Waals surface area (Å²) in [5, 5.41) is 7.40. The normalized spacial score (nSPS) is 13.1. The van der Waals surface area contributed by atoms with Gasteiger partial charge in [0.2, 0.25) is 0 Å². The fourth-order valence-electron chi connectivity index (χ4n) is 10.3. The van der Waals surface area contributed by atoms with Crippen molar-refractivity contribution in [1.82, 2.24) is 0 Å². The summed E-state index contributed by atoms with van der Waals surface area (Å²) in [6.07, 6.45) is 0. The summed E-state index contributed by atoms with van der Waals surface area (Å²) in [5.41, 5.74) is 14.8. The van der Waals surface area contributed by atoms with Gasteiger partial charge in [0.15, 0.2) is 5.58 Å². The van der Waals surface area contributed by atoms with Crippen LogP contribution in [0.2, 0.25) is 19.6 Å². The molecule has 0 bridgehead atoms. The van der Waals surface area contributed by atoms with Crippen LogP contribution in [0.4, 0.5) is 51.2 Å². The molecule has 0 unspecified atom stereocenters. The highest BCUT2D eigenvalue weighted by Crippen LogP contribution is 2.50. The first-order valence-electron chi connectivity index (χ1n) is 22.1. The molecule has 0 atom stereocenters. The lowest BCUT2D eigenvalue weighted by Gasteiger charge is -2.44. The van der Waals surface area contributed by atoms with Gasteiger partial charge in [-0.1, -0.05) is 146 Å². The number of thiophene rings is 1. The van der Waals surface area contributed by atoms with Crippen molar-refractivity contribution in [3.63, 3.8) is 0 Å². The number of para-hydroxylation sites is 4. The van der Waals surface area contributed by atoms with E-state index in [1.807, 2.05) is 11.3 Å². The van der Waals surface area contributed by atoms with Gasteiger partial charge in [-0.3, -0.25) is 0 Å². The Kier molecular flexibility index (Phi) is 8.21. The average Bonchev–Trinajstić information content (AvgIpc) is 3.91. The standard InChI is InChI=1S/C57H42BN3OSSi/c1-64(2,3)43-35-50-54-51(36-43)61(48-26-16-25-45-44-23-12-14-27-52(44)62-56(45)48)49-34-42(59(39-19-6-4-7-20-39)40-21-8-5-9-22-40)31-32-47(49)58(54)57-55(46-24-13-15-28-53(46)63-57)60(50)41-30-29-37-17-10-11-18-38(37)33-41/h4-36H,1-3H3. The molecule has 0 N–H and O–H groups in total. The van der Waals surface area contributed by atoms with Gasteiger partial charge in [-0.15, -0.1) is 11.3 Å². The Morgan fingerprint density at radius 2 is 1.16 bits per heavy atom. The average molecular weight is 856 g/mol. The number of nitrogens with zero attached hydrogens (tertiary/aromatic N) is 3. The SMILES string of the molecule is C[Si](C)(C)c1cc2c3c(c1)N(c1cccc4c1oc1ccccc14)c1cc(N(c4ccccc4)c4ccccc4)ccc1B3c1sc3ccccc3c1N2c1ccc2ccccc2c1. The van der Waals surface area contributed by atoms with Crippen LogP contribution in [-0.2, 0) is 0 Å². The molecule has 0 amide bonds. The summed E-state index contributed by atoms with van der Waals surface area (Å²) in [6, 6.07) is 73.6. The lowest BCUT2D eigenvalue weighted by Crippen LogP contribution is -2.61. The van der Waals surface area contributed by atoms with E-state index in [1.165, 1.54) is 64.5 Å². The Labute approximate surface area is 378 Å². The van der Waals surface area contributed by atoms with Crippen molar-refractivity contribution in [2.24, 2.45) is 0 Å². The topological polar surface area (TPSA) is 22.9 Å². The molecule has 4 heterocycles. The third-order valence-corrected chi connectivity index (χ3v) is 16.6. The maximum atomic E-state index is 6.95. The smallest absolute Gasteiger partial charge is 0.264 e. The molecule has 64 heavy (non-hydrogen) atoms. The summed E-state index contributed by atoms with van der Waals surface area (Å²) >= 11 is 1.94. The van der Waals surface area contributed by atoms with Gasteiger partial charge in [-0.05, 0) is 101 Å². The predicted octanol–water partition coefficient (Wildman–Crippen LogP) is 14.1. The van der Waals surface area contributed by atoms with Gasteiger partial charge in [-0.2, -0.15) is 0 Å². The maximum Gasteiger partial charge on any atom is 0.264 e. The minimum atomic E-state index is -1.94. The van der Waals surface area contributed by atoms with E-state index in [-0.39, 0.29) is 6.71 Å². The number of anilines is 9. The third-order valence-electron chi connectivity index (χ3n) is 13.3. The van der Waals surface area contributed by atoms with Crippen molar-refractivity contribution in [2.75, 3.05) is 14.7 Å². The number of benzene rings is 9. The van der Waals surface area contributed by atoms with Crippen LogP contribution in [0, 0.1) is 0 Å². The van der Waals surface area contributed by atoms with Gasteiger partial charge in [0.1, 0.15) is 5.58 Å². The van der Waals surface area contributed by atoms with E-state index in [4.69, 9.17) is 4.42 Å². The molecule has 0 fully saturated rings. The van der Waals surface area contributed by atoms with E-state index < -0.39 is 8.07 Å². The predicted molar refractivity (Wildman–Crippen MR) is 278 cm³/mol. The van der Waals surface area contributed by atoms with Gasteiger partial charge >= 0.3 is 0 Å². The highest BCUT2D eigenvalue weighted by Gasteiger charge is 2.46. The molecule has 9 aromatic carbocycles. The van der Waals surface area contributed by atoms with E-state index in [0.29, 0.717) is 0 Å². The van der Waals surface area contributed by atoms with Gasteiger partial charge in [-0.25, -0.2) is 0 Å². The van der Waals surface area contributed by atoms with E-state index >= 15 is 0 Å². The maximum absolute atomic E-state index is 6.95. The van der Waals surface area contributed by atoms with Gasteiger partial charge in [0.05, 0.1) is 19.4 Å². The van der Waals surface area contributed by atoms with E-state index in [1.54, 1.807) is 0 Å². The minimum absolute atomic E-state index is 0.0122. The number of hydrogen-bond acceptors (Lipinski definition) is 5. The first kappa shape index (κ1) is 37.3. The molecule has 0 saturated carbocycles. The molecule has 13 rings (SSSR count). The molecule has 4 nitrogen and oxygen atoms in total. The summed E-state index contributed by atoms with van der Waals surface area (Å²) < 4.78 is 9.61. The molecule has 11 aromatic rings. The molecule has 304 valence electrons. The van der Waals surface area contributed by atoms with Crippen LogP contribution in [0.5, 0.6) is 0 Å². The Bertz CT molecular complexity index is 3610. The highest BCUT2D eigenvalue weighted by molar-refractivity contribution is 7.33. The van der Waals surface area contributed by atoms with Crippen LogP contribution in [0.15, 0.2) is 205 Å². The molecular weight excluding hydrogens is 814 g/mol. The second-order valence-corrected chi connectivity index (χ2v) is 24.3. The van der Waals surface area contributed by atoms with Crippen molar-refractivity contribution in [3.05, 3.63) is 200 Å². The summed E-state index contributed by atoms with van der Waals surface area (Å²) in [6.45, 7) is 7.42. The zero-order valence-electron chi connectivity index (χ0n) is 35.8. The lowest BCUT2D eigenvalue weighted by atomic mass is 9.36. The van der Waals surface area contributed by atoms with Crippen LogP contribution in [0.25, 0.3) is 42.8 Å². The van der Waals surface area contributed by atoms with Crippen molar-refractivity contribution in [3.8, 4) is 0 Å². The van der Waals surface area contributed by atoms with Crippen molar-refractivity contribution < 1.29 is 4.42 Å². The zero-order chi connectivity index (χ0) is 42.7. The Morgan fingerprint density at radius 3 is 1.92 bits per heavy atom. The molecule has 0 aliphatic carbocycles. The molecule has 7 heteroatoms. The van der Waals surface area contributed by atoms with Gasteiger partial charge in [0.25, 0.3) is 6.71 Å². The van der Waals surface area contributed by atoms with Gasteiger partial charge in [0, 0.05) is 65.4 Å². The Balaban J connectivity index is 1.16. The molecule has 2 aliphatic rings. The summed E-state index contributed by atoms with van der Waals surface area (Å²) in [4.78, 5) is 7.53. The molecular formula is C57H42BN3OSSi. The largest absolute Gasteiger partial charge is 0.454 e. The summed E-state index contributed by atoms with van der Waals surface area (Å²) in [5.74, 6) is 0. The third kappa shape index (κ3) is 5.60. The summed E-state index contributed by atoms with van der Waals surface area (Å²) in [7, 11) is -1.94. The first-order chi connectivity index (χ1) is 31.4. The van der Waals surface area contributed by atoms with Crippen LogP contribution >= 0.6 is 11.3 Å². The highest BCUT2D eigenvalue weighted by atomic mass is 32.1. The molecule has 0 radical (unpaired) electrons. The van der Waals surface area contributed by atoms with Crippen LogP contribution in [-0.4, -0.2) is 14.8 Å². The Morgan fingerprint density at radius 1 is 0.500 bits per heavy atom. The van der Waals surface area contributed by atoms with E-state index in [2.05, 4.69) is 235 Å².